The number of benzene rings is 10. The van der Waals surface area contributed by atoms with Gasteiger partial charge in [-0.2, -0.15) is 0 Å². The number of fused-ring (bicyclic) bond motifs is 4. The molecule has 0 aliphatic heterocycles. The lowest BCUT2D eigenvalue weighted by atomic mass is 9.87. The molecule has 1 aromatic heterocycles. The van der Waals surface area contributed by atoms with Gasteiger partial charge < -0.3 is 9.47 Å². The van der Waals surface area contributed by atoms with Crippen molar-refractivity contribution in [3.63, 3.8) is 0 Å². The van der Waals surface area contributed by atoms with Gasteiger partial charge in [0.2, 0.25) is 0 Å². The van der Waals surface area contributed by atoms with Crippen molar-refractivity contribution in [1.29, 1.82) is 0 Å². The number of nitrogens with zero attached hydrogens (tertiary/aromatic N) is 2. The first-order chi connectivity index (χ1) is 31.4. The number of hydrogen-bond acceptors (Lipinski definition) is 1. The SMILES string of the molecule is CC(C)(C)n1c2ccccc2c2ccc(-c3ccc(N(c4ccc(-c5c(-c6ccccc6)cccc5-c5ccccc5)cc4)c4ccc5ccccc5c4-c4ccccc4)cc3)cc21. The molecule has 2 nitrogen and oxygen atoms in total. The van der Waals surface area contributed by atoms with Crippen LogP contribution in [0.5, 0.6) is 0 Å². The van der Waals surface area contributed by atoms with Gasteiger partial charge in [-0.3, -0.25) is 0 Å². The van der Waals surface area contributed by atoms with E-state index in [1.165, 1.54) is 88.2 Å². The van der Waals surface area contributed by atoms with Crippen LogP contribution in [0.15, 0.2) is 237 Å². The van der Waals surface area contributed by atoms with Crippen molar-refractivity contribution < 1.29 is 0 Å². The molecule has 306 valence electrons. The monoisotopic (exact) mass is 820 g/mol. The Hall–Kier alpha value is -7.94. The molecule has 0 fully saturated rings. The summed E-state index contributed by atoms with van der Waals surface area (Å²) in [4.78, 5) is 2.43. The number of rotatable bonds is 8. The quantitative estimate of drug-likeness (QED) is 0.148. The second-order valence-electron chi connectivity index (χ2n) is 17.7. The van der Waals surface area contributed by atoms with E-state index in [4.69, 9.17) is 0 Å². The van der Waals surface area contributed by atoms with E-state index in [2.05, 4.69) is 267 Å². The smallest absolute Gasteiger partial charge is 0.0546 e. The molecule has 0 aliphatic rings. The molecular formula is C62H48N2. The van der Waals surface area contributed by atoms with Crippen molar-refractivity contribution in [3.05, 3.63) is 237 Å². The summed E-state index contributed by atoms with van der Waals surface area (Å²) in [6, 6.07) is 86.4. The van der Waals surface area contributed by atoms with Gasteiger partial charge >= 0.3 is 0 Å². The van der Waals surface area contributed by atoms with Crippen molar-refractivity contribution in [2.45, 2.75) is 26.3 Å². The average Bonchev–Trinajstić information content (AvgIpc) is 3.70. The minimum atomic E-state index is -0.0804. The predicted octanol–water partition coefficient (Wildman–Crippen LogP) is 17.5. The first-order valence-electron chi connectivity index (χ1n) is 22.3. The predicted molar refractivity (Wildman–Crippen MR) is 274 cm³/mol. The number of aromatic nitrogens is 1. The first kappa shape index (κ1) is 38.9. The fraction of sp³-hybridized carbons (Fsp3) is 0.0645. The van der Waals surface area contributed by atoms with Crippen LogP contribution in [0.3, 0.4) is 0 Å². The zero-order valence-corrected chi connectivity index (χ0v) is 36.4. The maximum absolute atomic E-state index is 2.49. The van der Waals surface area contributed by atoms with Crippen molar-refractivity contribution in [2.75, 3.05) is 4.90 Å². The van der Waals surface area contributed by atoms with E-state index in [1.807, 2.05) is 0 Å². The molecule has 0 radical (unpaired) electrons. The zero-order valence-electron chi connectivity index (χ0n) is 36.4. The zero-order chi connectivity index (χ0) is 43.2. The lowest BCUT2D eigenvalue weighted by Gasteiger charge is -2.29. The van der Waals surface area contributed by atoms with Crippen LogP contribution in [0.25, 0.3) is 88.2 Å². The molecule has 0 N–H and O–H groups in total. The van der Waals surface area contributed by atoms with E-state index in [0.717, 1.165) is 17.1 Å². The minimum absolute atomic E-state index is 0.0804. The highest BCUT2D eigenvalue weighted by atomic mass is 15.1. The summed E-state index contributed by atoms with van der Waals surface area (Å²) < 4.78 is 2.49. The van der Waals surface area contributed by atoms with Crippen LogP contribution in [-0.2, 0) is 5.54 Å². The molecular weight excluding hydrogens is 773 g/mol. The summed E-state index contributed by atoms with van der Waals surface area (Å²) in [5.74, 6) is 0. The summed E-state index contributed by atoms with van der Waals surface area (Å²) in [7, 11) is 0. The van der Waals surface area contributed by atoms with E-state index in [0.29, 0.717) is 0 Å². The number of hydrogen-bond donors (Lipinski definition) is 0. The summed E-state index contributed by atoms with van der Waals surface area (Å²) in [5, 5.41) is 5.01. The molecule has 11 aromatic rings. The van der Waals surface area contributed by atoms with E-state index < -0.39 is 0 Å². The van der Waals surface area contributed by atoms with Gasteiger partial charge in [0.1, 0.15) is 0 Å². The Morgan fingerprint density at radius 1 is 0.328 bits per heavy atom. The van der Waals surface area contributed by atoms with Crippen molar-refractivity contribution in [2.24, 2.45) is 0 Å². The van der Waals surface area contributed by atoms with Crippen LogP contribution in [0, 0.1) is 0 Å². The molecule has 2 heteroatoms. The fourth-order valence-electron chi connectivity index (χ4n) is 9.81. The molecule has 0 amide bonds. The van der Waals surface area contributed by atoms with Crippen LogP contribution in [-0.4, -0.2) is 4.57 Å². The third-order valence-corrected chi connectivity index (χ3v) is 12.7. The van der Waals surface area contributed by atoms with E-state index in [9.17, 15) is 0 Å². The molecule has 0 bridgehead atoms. The Morgan fingerprint density at radius 2 is 0.812 bits per heavy atom. The van der Waals surface area contributed by atoms with Gasteiger partial charge in [-0.25, -0.2) is 0 Å². The summed E-state index contributed by atoms with van der Waals surface area (Å²) in [6.45, 7) is 6.88. The normalized spacial score (nSPS) is 11.7. The molecule has 0 saturated heterocycles. The molecule has 0 saturated carbocycles. The lowest BCUT2D eigenvalue weighted by Crippen LogP contribution is -2.21. The highest BCUT2D eigenvalue weighted by Gasteiger charge is 2.23. The highest BCUT2D eigenvalue weighted by molar-refractivity contribution is 6.10. The number of para-hydroxylation sites is 1. The van der Waals surface area contributed by atoms with Gasteiger partial charge in [0.05, 0.1) is 11.2 Å². The molecule has 1 heterocycles. The Kier molecular flexibility index (Phi) is 9.78. The Labute approximate surface area is 376 Å². The molecule has 64 heavy (non-hydrogen) atoms. The largest absolute Gasteiger partial charge is 0.335 e. The third kappa shape index (κ3) is 6.94. The van der Waals surface area contributed by atoms with Crippen LogP contribution in [0.4, 0.5) is 17.1 Å². The second-order valence-corrected chi connectivity index (χ2v) is 17.7. The van der Waals surface area contributed by atoms with E-state index >= 15 is 0 Å². The topological polar surface area (TPSA) is 8.17 Å². The Morgan fingerprint density at radius 3 is 1.42 bits per heavy atom. The maximum Gasteiger partial charge on any atom is 0.0546 e. The van der Waals surface area contributed by atoms with E-state index in [1.54, 1.807) is 0 Å². The molecule has 0 unspecified atom stereocenters. The molecule has 10 aromatic carbocycles. The van der Waals surface area contributed by atoms with Crippen molar-refractivity contribution in [3.8, 4) is 55.6 Å². The summed E-state index contributed by atoms with van der Waals surface area (Å²) >= 11 is 0. The second kappa shape index (κ2) is 16.1. The molecule has 0 aliphatic carbocycles. The maximum atomic E-state index is 2.49. The highest BCUT2D eigenvalue weighted by Crippen LogP contribution is 2.47. The van der Waals surface area contributed by atoms with Crippen LogP contribution in [0.1, 0.15) is 20.8 Å². The summed E-state index contributed by atoms with van der Waals surface area (Å²) in [5.41, 5.74) is 17.7. The fourth-order valence-corrected chi connectivity index (χ4v) is 9.81. The standard InChI is InChI=1S/C62H48N2/c1-62(2,3)64-57-29-16-15-26-55(57)56-40-34-49(42-59(56)64)43-30-36-50(37-31-43)63(58-41-35-46-22-13-14-25-54(46)61(58)47-23-11-6-12-24-47)51-38-32-48(33-39-51)60-52(44-18-7-4-8-19-44)27-17-28-53(60)45-20-9-5-10-21-45/h4-42H,1-3H3. The van der Waals surface area contributed by atoms with Gasteiger partial charge in [-0.1, -0.05) is 194 Å². The van der Waals surface area contributed by atoms with E-state index in [-0.39, 0.29) is 5.54 Å². The van der Waals surface area contributed by atoms with Crippen LogP contribution >= 0.6 is 0 Å². The molecule has 0 atom stereocenters. The van der Waals surface area contributed by atoms with Crippen molar-refractivity contribution in [1.82, 2.24) is 4.57 Å². The minimum Gasteiger partial charge on any atom is -0.335 e. The van der Waals surface area contributed by atoms with Gasteiger partial charge in [0.15, 0.2) is 0 Å². The van der Waals surface area contributed by atoms with Crippen LogP contribution < -0.4 is 4.90 Å². The van der Waals surface area contributed by atoms with Gasteiger partial charge in [-0.15, -0.1) is 0 Å². The Bertz CT molecular complexity index is 3370. The molecule has 11 rings (SSSR count). The lowest BCUT2D eigenvalue weighted by molar-refractivity contribution is 0.423. The summed E-state index contributed by atoms with van der Waals surface area (Å²) in [6.07, 6.45) is 0. The average molecular weight is 821 g/mol. The Balaban J connectivity index is 1.08. The van der Waals surface area contributed by atoms with Crippen LogP contribution in [0.2, 0.25) is 0 Å². The van der Waals surface area contributed by atoms with Crippen molar-refractivity contribution >= 4 is 49.6 Å². The van der Waals surface area contributed by atoms with Gasteiger partial charge in [0, 0.05) is 38.8 Å². The molecule has 0 spiro atoms. The third-order valence-electron chi connectivity index (χ3n) is 12.7. The first-order valence-corrected chi connectivity index (χ1v) is 22.3. The van der Waals surface area contributed by atoms with Gasteiger partial charge in [0.25, 0.3) is 0 Å². The number of anilines is 3. The van der Waals surface area contributed by atoms with Gasteiger partial charge in [-0.05, 0) is 124 Å².